The molecule has 7 heteroatoms. The Balaban J connectivity index is 2.76. The number of halogens is 2. The van der Waals surface area contributed by atoms with Gasteiger partial charge in [-0.05, 0) is 28.1 Å². The summed E-state index contributed by atoms with van der Waals surface area (Å²) in [6, 6.07) is 3.29. The van der Waals surface area contributed by atoms with Crippen molar-refractivity contribution in [3.8, 4) is 0 Å². The summed E-state index contributed by atoms with van der Waals surface area (Å²) in [6.45, 7) is -0.232. The normalized spacial score (nSPS) is 10.9. The van der Waals surface area contributed by atoms with Crippen molar-refractivity contribution in [1.29, 1.82) is 0 Å². The number of benzene rings is 1. The number of carbonyl (C=O) groups excluding carboxylic acids is 1. The third kappa shape index (κ3) is 1.74. The molecular formula is C9H6BrClN2O3. The van der Waals surface area contributed by atoms with Gasteiger partial charge in [0.25, 0.3) is 0 Å². The lowest BCUT2D eigenvalue weighted by atomic mass is 10.3. The van der Waals surface area contributed by atoms with Crippen LogP contribution in [0.2, 0.25) is 5.02 Å². The second-order valence-electron chi connectivity index (χ2n) is 3.13. The molecule has 0 aliphatic rings. The monoisotopic (exact) mass is 304 g/mol. The number of nitrogens with zero attached hydrogens (tertiary/aromatic N) is 1. The molecule has 2 N–H and O–H groups in total. The van der Waals surface area contributed by atoms with Crippen molar-refractivity contribution in [3.05, 3.63) is 32.2 Å². The van der Waals surface area contributed by atoms with E-state index in [9.17, 15) is 9.59 Å². The number of primary amides is 1. The smallest absolute Gasteiger partial charge is 0.406 e. The van der Waals surface area contributed by atoms with Crippen LogP contribution in [0.3, 0.4) is 0 Å². The first-order valence-corrected chi connectivity index (χ1v) is 5.43. The lowest BCUT2D eigenvalue weighted by Gasteiger charge is -1.99. The van der Waals surface area contributed by atoms with Crippen LogP contribution in [0.15, 0.2) is 25.8 Å². The van der Waals surface area contributed by atoms with Crippen molar-refractivity contribution in [2.45, 2.75) is 6.54 Å². The zero-order valence-electron chi connectivity index (χ0n) is 7.87. The molecule has 2 rings (SSSR count). The number of carbonyl (C=O) groups is 1. The van der Waals surface area contributed by atoms with Gasteiger partial charge < -0.3 is 10.2 Å². The fraction of sp³-hybridized carbons (Fsp3) is 0.111. The number of amides is 1. The first-order valence-electron chi connectivity index (χ1n) is 4.26. The zero-order valence-corrected chi connectivity index (χ0v) is 10.2. The Labute approximate surface area is 103 Å². The second-order valence-corrected chi connectivity index (χ2v) is 4.36. The molecule has 0 aliphatic carbocycles. The first kappa shape index (κ1) is 11.2. The van der Waals surface area contributed by atoms with Gasteiger partial charge in [0.05, 0.1) is 10.5 Å². The van der Waals surface area contributed by atoms with E-state index >= 15 is 0 Å². The molecule has 84 valence electrons. The van der Waals surface area contributed by atoms with Crippen LogP contribution in [0.25, 0.3) is 11.1 Å². The van der Waals surface area contributed by atoms with Crippen LogP contribution in [0.1, 0.15) is 0 Å². The third-order valence-electron chi connectivity index (χ3n) is 2.04. The van der Waals surface area contributed by atoms with Gasteiger partial charge in [-0.15, -0.1) is 0 Å². The largest absolute Gasteiger partial charge is 0.420 e. The van der Waals surface area contributed by atoms with E-state index < -0.39 is 11.7 Å². The van der Waals surface area contributed by atoms with E-state index in [0.717, 1.165) is 4.57 Å². The Morgan fingerprint density at radius 1 is 1.56 bits per heavy atom. The molecule has 1 aromatic carbocycles. The molecule has 0 saturated heterocycles. The predicted molar refractivity (Wildman–Crippen MR) is 62.4 cm³/mol. The van der Waals surface area contributed by atoms with Crippen molar-refractivity contribution >= 4 is 44.5 Å². The minimum absolute atomic E-state index is 0.232. The molecule has 0 bridgehead atoms. The Morgan fingerprint density at radius 2 is 2.25 bits per heavy atom. The molecule has 0 unspecified atom stereocenters. The molecule has 0 radical (unpaired) electrons. The minimum atomic E-state index is -0.659. The van der Waals surface area contributed by atoms with E-state index in [-0.39, 0.29) is 17.2 Å². The molecule has 0 fully saturated rings. The summed E-state index contributed by atoms with van der Waals surface area (Å²) >= 11 is 9.14. The van der Waals surface area contributed by atoms with Crippen molar-refractivity contribution in [3.63, 3.8) is 0 Å². The van der Waals surface area contributed by atoms with E-state index in [2.05, 4.69) is 15.9 Å². The molecule has 1 aromatic heterocycles. The highest BCUT2D eigenvalue weighted by Crippen LogP contribution is 2.30. The van der Waals surface area contributed by atoms with Crippen molar-refractivity contribution in [2.24, 2.45) is 5.73 Å². The quantitative estimate of drug-likeness (QED) is 0.913. The van der Waals surface area contributed by atoms with E-state index in [1.54, 1.807) is 12.1 Å². The number of hydrogen-bond acceptors (Lipinski definition) is 3. The standard InChI is InChI=1S/C9H6BrClN2O3/c10-4-1-2-5-8(7(4)11)16-9(15)13(5)3-6(12)14/h1-2H,3H2,(H2,12,14). The molecule has 0 saturated carbocycles. The summed E-state index contributed by atoms with van der Waals surface area (Å²) in [5.41, 5.74) is 5.71. The maximum atomic E-state index is 11.5. The van der Waals surface area contributed by atoms with Gasteiger partial charge in [-0.2, -0.15) is 0 Å². The van der Waals surface area contributed by atoms with Crippen molar-refractivity contribution in [2.75, 3.05) is 0 Å². The van der Waals surface area contributed by atoms with E-state index in [0.29, 0.717) is 9.99 Å². The second kappa shape index (κ2) is 3.95. The Bertz CT molecular complexity index is 631. The first-order chi connectivity index (χ1) is 7.50. The highest BCUT2D eigenvalue weighted by Gasteiger charge is 2.15. The molecular weight excluding hydrogens is 299 g/mol. The number of nitrogens with two attached hydrogens (primary N) is 1. The zero-order chi connectivity index (χ0) is 11.9. The maximum absolute atomic E-state index is 11.5. The van der Waals surface area contributed by atoms with Gasteiger partial charge in [-0.25, -0.2) is 4.79 Å². The van der Waals surface area contributed by atoms with Crippen LogP contribution in [-0.2, 0) is 11.3 Å². The van der Waals surface area contributed by atoms with Gasteiger partial charge in [0.2, 0.25) is 5.91 Å². The van der Waals surface area contributed by atoms with Gasteiger partial charge in [-0.3, -0.25) is 9.36 Å². The summed E-state index contributed by atoms with van der Waals surface area (Å²) in [5, 5.41) is 0.290. The van der Waals surface area contributed by atoms with Gasteiger partial charge in [-0.1, -0.05) is 11.6 Å². The Kier molecular flexibility index (Phi) is 2.77. The fourth-order valence-corrected chi connectivity index (χ4v) is 1.89. The lowest BCUT2D eigenvalue weighted by molar-refractivity contribution is -0.118. The van der Waals surface area contributed by atoms with Crippen LogP contribution < -0.4 is 11.5 Å². The van der Waals surface area contributed by atoms with Crippen LogP contribution in [-0.4, -0.2) is 10.5 Å². The van der Waals surface area contributed by atoms with Crippen molar-refractivity contribution < 1.29 is 9.21 Å². The van der Waals surface area contributed by atoms with E-state index in [1.165, 1.54) is 0 Å². The molecule has 1 heterocycles. The summed E-state index contributed by atoms with van der Waals surface area (Å²) in [6.07, 6.45) is 0. The van der Waals surface area contributed by atoms with E-state index in [1.807, 2.05) is 0 Å². The van der Waals surface area contributed by atoms with Gasteiger partial charge in [0.15, 0.2) is 5.58 Å². The molecule has 5 nitrogen and oxygen atoms in total. The minimum Gasteiger partial charge on any atom is -0.406 e. The molecule has 0 atom stereocenters. The summed E-state index contributed by atoms with van der Waals surface area (Å²) in [5.74, 6) is -1.28. The number of aromatic nitrogens is 1. The Morgan fingerprint density at radius 3 is 2.88 bits per heavy atom. The Hall–Kier alpha value is -1.27. The number of rotatable bonds is 2. The molecule has 16 heavy (non-hydrogen) atoms. The van der Waals surface area contributed by atoms with E-state index in [4.69, 9.17) is 21.8 Å². The lowest BCUT2D eigenvalue weighted by Crippen LogP contribution is -2.24. The molecule has 0 aliphatic heterocycles. The van der Waals surface area contributed by atoms with Crippen LogP contribution in [0, 0.1) is 0 Å². The van der Waals surface area contributed by atoms with Gasteiger partial charge >= 0.3 is 5.76 Å². The highest BCUT2D eigenvalue weighted by atomic mass is 79.9. The summed E-state index contributed by atoms with van der Waals surface area (Å²) in [7, 11) is 0. The van der Waals surface area contributed by atoms with Crippen LogP contribution >= 0.6 is 27.5 Å². The molecule has 1 amide bonds. The number of oxazole rings is 1. The average molecular weight is 306 g/mol. The predicted octanol–water partition coefficient (Wildman–Crippen LogP) is 1.50. The van der Waals surface area contributed by atoms with Crippen LogP contribution in [0.5, 0.6) is 0 Å². The summed E-state index contributed by atoms with van der Waals surface area (Å²) in [4.78, 5) is 22.2. The molecule has 2 aromatic rings. The summed E-state index contributed by atoms with van der Waals surface area (Å²) < 4.78 is 6.70. The van der Waals surface area contributed by atoms with Crippen molar-refractivity contribution in [1.82, 2.24) is 4.57 Å². The topological polar surface area (TPSA) is 78.2 Å². The maximum Gasteiger partial charge on any atom is 0.420 e. The third-order valence-corrected chi connectivity index (χ3v) is 3.31. The van der Waals surface area contributed by atoms with Gasteiger partial charge in [0, 0.05) is 4.47 Å². The number of hydrogen-bond donors (Lipinski definition) is 1. The van der Waals surface area contributed by atoms with Gasteiger partial charge in [0.1, 0.15) is 6.54 Å². The average Bonchev–Trinajstić information content (AvgIpc) is 2.51. The number of fused-ring (bicyclic) bond motifs is 1. The molecule has 0 spiro atoms. The SMILES string of the molecule is NC(=O)Cn1c(=O)oc2c(Cl)c(Br)ccc21. The highest BCUT2D eigenvalue weighted by molar-refractivity contribution is 9.10. The fourth-order valence-electron chi connectivity index (χ4n) is 1.38. The van der Waals surface area contributed by atoms with Crippen LogP contribution in [0.4, 0.5) is 0 Å².